The quantitative estimate of drug-likeness (QED) is 0.694. The first-order chi connectivity index (χ1) is 5.74. The van der Waals surface area contributed by atoms with Crippen LogP contribution in [0, 0.1) is 0 Å². The predicted molar refractivity (Wildman–Crippen MR) is 66.9 cm³/mol. The first-order valence-corrected chi connectivity index (χ1v) is 5.20. The van der Waals surface area contributed by atoms with Crippen molar-refractivity contribution >= 4 is 0 Å². The summed E-state index contributed by atoms with van der Waals surface area (Å²) in [4.78, 5) is 5.13. The zero-order valence-corrected chi connectivity index (χ0v) is 8.71. The summed E-state index contributed by atoms with van der Waals surface area (Å²) in [7, 11) is 0. The number of rotatable bonds is 3. The van der Waals surface area contributed by atoms with Gasteiger partial charge in [0.1, 0.15) is 0 Å². The average Bonchev–Trinajstić information content (AvgIpc) is 2.06. The highest BCUT2D eigenvalue weighted by atomic mass is 15.3. The zero-order chi connectivity index (χ0) is 8.97. The van der Waals surface area contributed by atoms with Crippen LogP contribution in [0.1, 0.15) is 42.0 Å². The van der Waals surface area contributed by atoms with Gasteiger partial charge in [-0.15, -0.1) is 0 Å². The third-order valence-corrected chi connectivity index (χ3v) is 2.68. The maximum Gasteiger partial charge on any atom is 0.0113 e. The lowest BCUT2D eigenvalue weighted by Crippen LogP contribution is -2.48. The topological polar surface area (TPSA) is 6.48 Å². The Morgan fingerprint density at radius 2 is 1.50 bits per heavy atom. The van der Waals surface area contributed by atoms with Crippen molar-refractivity contribution in [2.45, 2.75) is 48.1 Å². The number of piperazine rings is 1. The Hall–Kier alpha value is -0.0800. The third kappa shape index (κ3) is 4.97. The van der Waals surface area contributed by atoms with Gasteiger partial charge in [-0.05, 0) is 26.8 Å². The van der Waals surface area contributed by atoms with Crippen LogP contribution in [0.25, 0.3) is 0 Å². The summed E-state index contributed by atoms with van der Waals surface area (Å²) in [6.45, 7) is 13.2. The Kier molecular flexibility index (Phi) is 9.63. The normalized spacial score (nSPS) is 18.9. The molecule has 1 aliphatic heterocycles. The maximum atomic E-state index is 2.57. The molecule has 88 valence electrons. The van der Waals surface area contributed by atoms with Crippen LogP contribution in [0.5, 0.6) is 0 Å². The van der Waals surface area contributed by atoms with Gasteiger partial charge in [-0.1, -0.05) is 21.8 Å². The van der Waals surface area contributed by atoms with Gasteiger partial charge in [0.05, 0.1) is 0 Å². The molecular weight excluding hydrogens is 172 g/mol. The number of nitrogens with zero attached hydrogens (tertiary/aromatic N) is 2. The second kappa shape index (κ2) is 8.25. The van der Waals surface area contributed by atoms with E-state index >= 15 is 0 Å². The first-order valence-electron chi connectivity index (χ1n) is 5.20. The summed E-state index contributed by atoms with van der Waals surface area (Å²) in [5.74, 6) is 0. The molecule has 0 spiro atoms. The Bertz CT molecular complexity index is 115. The molecule has 14 heavy (non-hydrogen) atoms. The van der Waals surface area contributed by atoms with Crippen molar-refractivity contribution in [3.63, 3.8) is 0 Å². The largest absolute Gasteiger partial charge is 0.301 e. The second-order valence-corrected chi connectivity index (χ2v) is 3.97. The van der Waals surface area contributed by atoms with Crippen molar-refractivity contribution in [1.29, 1.82) is 0 Å². The minimum Gasteiger partial charge on any atom is -0.301 e. The van der Waals surface area contributed by atoms with Crippen LogP contribution >= 0.6 is 0 Å². The summed E-state index contributed by atoms with van der Waals surface area (Å²) in [5.41, 5.74) is 0. The van der Waals surface area contributed by atoms with Gasteiger partial charge in [0.15, 0.2) is 0 Å². The van der Waals surface area contributed by atoms with Gasteiger partial charge in [-0.25, -0.2) is 0 Å². The molecule has 0 aromatic carbocycles. The van der Waals surface area contributed by atoms with E-state index in [0.717, 1.165) is 6.04 Å². The standard InChI is InChI=1S/C10H22N2.2CH4/c1-4-5-11-6-8-12(9-7-11)10(2)3;;/h10H,4-9H2,1-3H3;2*1H4. The van der Waals surface area contributed by atoms with Gasteiger partial charge in [0.2, 0.25) is 0 Å². The maximum absolute atomic E-state index is 2.57. The van der Waals surface area contributed by atoms with E-state index in [-0.39, 0.29) is 14.9 Å². The van der Waals surface area contributed by atoms with Crippen molar-refractivity contribution < 1.29 is 0 Å². The van der Waals surface area contributed by atoms with Crippen LogP contribution in [0.15, 0.2) is 0 Å². The summed E-state index contributed by atoms with van der Waals surface area (Å²) in [6.07, 6.45) is 1.29. The SMILES string of the molecule is C.C.CCCN1CCN(C(C)C)CC1. The molecule has 0 atom stereocenters. The van der Waals surface area contributed by atoms with Crippen LogP contribution < -0.4 is 0 Å². The predicted octanol–water partition coefficient (Wildman–Crippen LogP) is 2.69. The number of hydrogen-bond acceptors (Lipinski definition) is 2. The molecule has 0 aromatic rings. The first kappa shape index (κ1) is 16.4. The van der Waals surface area contributed by atoms with E-state index in [1.807, 2.05) is 0 Å². The van der Waals surface area contributed by atoms with Crippen LogP contribution in [0.3, 0.4) is 0 Å². The lowest BCUT2D eigenvalue weighted by molar-refractivity contribution is 0.109. The summed E-state index contributed by atoms with van der Waals surface area (Å²) in [5, 5.41) is 0. The van der Waals surface area contributed by atoms with Gasteiger partial charge in [0, 0.05) is 32.2 Å². The lowest BCUT2D eigenvalue weighted by Gasteiger charge is -2.36. The van der Waals surface area contributed by atoms with E-state index in [2.05, 4.69) is 30.6 Å². The molecule has 2 heteroatoms. The Morgan fingerprint density at radius 3 is 1.86 bits per heavy atom. The Balaban J connectivity index is 0. The smallest absolute Gasteiger partial charge is 0.0113 e. The Morgan fingerprint density at radius 1 is 1.00 bits per heavy atom. The van der Waals surface area contributed by atoms with Gasteiger partial charge in [-0.2, -0.15) is 0 Å². The molecule has 0 radical (unpaired) electrons. The molecule has 1 aliphatic rings. The van der Waals surface area contributed by atoms with Gasteiger partial charge in [0.25, 0.3) is 0 Å². The van der Waals surface area contributed by atoms with Crippen molar-refractivity contribution in [2.24, 2.45) is 0 Å². The number of hydrogen-bond donors (Lipinski definition) is 0. The van der Waals surface area contributed by atoms with Crippen LogP contribution in [0.4, 0.5) is 0 Å². The van der Waals surface area contributed by atoms with E-state index < -0.39 is 0 Å². The monoisotopic (exact) mass is 202 g/mol. The molecule has 0 unspecified atom stereocenters. The molecule has 0 aliphatic carbocycles. The lowest BCUT2D eigenvalue weighted by atomic mass is 10.2. The molecule has 1 fully saturated rings. The van der Waals surface area contributed by atoms with E-state index in [9.17, 15) is 0 Å². The van der Waals surface area contributed by atoms with Gasteiger partial charge >= 0.3 is 0 Å². The van der Waals surface area contributed by atoms with Crippen molar-refractivity contribution in [3.05, 3.63) is 0 Å². The van der Waals surface area contributed by atoms with E-state index in [0.29, 0.717) is 0 Å². The summed E-state index contributed by atoms with van der Waals surface area (Å²) >= 11 is 0. The zero-order valence-electron chi connectivity index (χ0n) is 8.71. The van der Waals surface area contributed by atoms with Gasteiger partial charge in [-0.3, -0.25) is 4.90 Å². The summed E-state index contributed by atoms with van der Waals surface area (Å²) < 4.78 is 0. The molecule has 1 heterocycles. The fourth-order valence-corrected chi connectivity index (χ4v) is 1.82. The minimum atomic E-state index is 0. The third-order valence-electron chi connectivity index (χ3n) is 2.68. The Labute approximate surface area is 91.3 Å². The highest BCUT2D eigenvalue weighted by Gasteiger charge is 2.17. The molecule has 0 N–H and O–H groups in total. The molecule has 2 nitrogen and oxygen atoms in total. The van der Waals surface area contributed by atoms with E-state index in [1.54, 1.807) is 0 Å². The molecule has 0 aromatic heterocycles. The molecular formula is C12H30N2. The second-order valence-electron chi connectivity index (χ2n) is 3.97. The van der Waals surface area contributed by atoms with Crippen molar-refractivity contribution in [1.82, 2.24) is 9.80 Å². The van der Waals surface area contributed by atoms with Crippen molar-refractivity contribution in [2.75, 3.05) is 32.7 Å². The highest BCUT2D eigenvalue weighted by Crippen LogP contribution is 2.05. The molecule has 1 saturated heterocycles. The van der Waals surface area contributed by atoms with Crippen LogP contribution in [0.2, 0.25) is 0 Å². The van der Waals surface area contributed by atoms with Crippen molar-refractivity contribution in [3.8, 4) is 0 Å². The fourth-order valence-electron chi connectivity index (χ4n) is 1.82. The molecule has 0 saturated carbocycles. The molecule has 0 amide bonds. The minimum absolute atomic E-state index is 0. The fraction of sp³-hybridized carbons (Fsp3) is 1.00. The van der Waals surface area contributed by atoms with E-state index in [4.69, 9.17) is 0 Å². The molecule has 1 rings (SSSR count). The highest BCUT2D eigenvalue weighted by molar-refractivity contribution is 4.73. The summed E-state index contributed by atoms with van der Waals surface area (Å²) in [6, 6.07) is 0.730. The van der Waals surface area contributed by atoms with Crippen LogP contribution in [-0.2, 0) is 0 Å². The van der Waals surface area contributed by atoms with Crippen LogP contribution in [-0.4, -0.2) is 48.6 Å². The molecule has 0 bridgehead atoms. The van der Waals surface area contributed by atoms with E-state index in [1.165, 1.54) is 39.1 Å². The van der Waals surface area contributed by atoms with Gasteiger partial charge < -0.3 is 4.90 Å². The average molecular weight is 202 g/mol.